The Hall–Kier alpha value is -3.37. The Bertz CT molecular complexity index is 1520. The van der Waals surface area contributed by atoms with Gasteiger partial charge in [-0.15, -0.1) is 0 Å². The van der Waals surface area contributed by atoms with Crippen molar-refractivity contribution in [1.82, 2.24) is 15.0 Å². The highest BCUT2D eigenvalue weighted by Crippen LogP contribution is 2.48. The zero-order valence-electron chi connectivity index (χ0n) is 20.6. The van der Waals surface area contributed by atoms with E-state index in [1.54, 1.807) is 24.9 Å². The number of methoxy groups -OCH3 is 1. The molecule has 6 rings (SSSR count). The van der Waals surface area contributed by atoms with E-state index in [2.05, 4.69) is 68.6 Å². The number of amides is 1. The molecule has 8 nitrogen and oxygen atoms in total. The van der Waals surface area contributed by atoms with E-state index < -0.39 is 16.7 Å². The first kappa shape index (κ1) is 24.0. The summed E-state index contributed by atoms with van der Waals surface area (Å²) in [4.78, 5) is 30.2. The molecule has 0 aliphatic carbocycles. The molecule has 1 fully saturated rings. The number of nitrogens with zero attached hydrogens (tertiary/aromatic N) is 3. The van der Waals surface area contributed by atoms with Crippen LogP contribution in [-0.2, 0) is 15.6 Å². The number of pyridine rings is 1. The molecule has 2 aliphatic rings. The van der Waals surface area contributed by atoms with Gasteiger partial charge in [-0.05, 0) is 54.7 Å². The number of benzene rings is 2. The fourth-order valence-corrected chi connectivity index (χ4v) is 7.78. The summed E-state index contributed by atoms with van der Waals surface area (Å²) in [6, 6.07) is 18.2. The van der Waals surface area contributed by atoms with Crippen LogP contribution in [0.3, 0.4) is 0 Å². The van der Waals surface area contributed by atoms with E-state index >= 15 is 0 Å². The van der Waals surface area contributed by atoms with Gasteiger partial charge in [0.1, 0.15) is 0 Å². The van der Waals surface area contributed by atoms with Crippen LogP contribution in [0.1, 0.15) is 24.3 Å². The van der Waals surface area contributed by atoms with Gasteiger partial charge in [0.25, 0.3) is 0 Å². The summed E-state index contributed by atoms with van der Waals surface area (Å²) < 4.78 is 17.3. The zero-order chi connectivity index (χ0) is 25.5. The summed E-state index contributed by atoms with van der Waals surface area (Å²) in [6.07, 6.45) is 1.51. The second-order valence-corrected chi connectivity index (χ2v) is 12.1. The van der Waals surface area contributed by atoms with Gasteiger partial charge >= 0.3 is 0 Å². The van der Waals surface area contributed by atoms with Crippen LogP contribution in [-0.4, -0.2) is 50.7 Å². The molecule has 3 atom stereocenters. The minimum atomic E-state index is -0.805. The summed E-state index contributed by atoms with van der Waals surface area (Å²) in [7, 11) is 2.81. The average molecular weight is 534 g/mol. The smallest absolute Gasteiger partial charge is 0.234 e. The molecule has 1 saturated heterocycles. The van der Waals surface area contributed by atoms with E-state index in [0.29, 0.717) is 40.9 Å². The summed E-state index contributed by atoms with van der Waals surface area (Å²) in [5.74, 6) is 1.85. The van der Waals surface area contributed by atoms with Crippen LogP contribution < -0.4 is 15.0 Å². The molecule has 1 amide bonds. The molecule has 3 unspecified atom stereocenters. The first-order valence-corrected chi connectivity index (χ1v) is 14.5. The van der Waals surface area contributed by atoms with Gasteiger partial charge in [0.15, 0.2) is 5.65 Å². The minimum Gasteiger partial charge on any atom is -0.481 e. The number of rotatable bonds is 6. The van der Waals surface area contributed by atoms with Crippen LogP contribution in [0.2, 0.25) is 0 Å². The molecule has 10 heteroatoms. The van der Waals surface area contributed by atoms with Crippen molar-refractivity contribution in [3.63, 3.8) is 0 Å². The third-order valence-corrected chi connectivity index (χ3v) is 9.69. The Morgan fingerprint density at radius 3 is 2.84 bits per heavy atom. The van der Waals surface area contributed by atoms with Gasteiger partial charge in [-0.1, -0.05) is 30.0 Å². The maximum atomic E-state index is 13.7. The van der Waals surface area contributed by atoms with Crippen molar-refractivity contribution in [3.05, 3.63) is 60.2 Å². The number of imidazole rings is 1. The van der Waals surface area contributed by atoms with Crippen LogP contribution >= 0.6 is 11.8 Å². The maximum absolute atomic E-state index is 13.7. The fourth-order valence-electron chi connectivity index (χ4n) is 5.06. The third-order valence-electron chi connectivity index (χ3n) is 7.03. The zero-order valence-corrected chi connectivity index (χ0v) is 22.2. The molecule has 2 aromatic heterocycles. The molecule has 2 aliphatic heterocycles. The van der Waals surface area contributed by atoms with E-state index in [9.17, 15) is 9.00 Å². The number of hydrogen-bond acceptors (Lipinski definition) is 7. The Morgan fingerprint density at radius 2 is 2.03 bits per heavy atom. The molecule has 37 heavy (non-hydrogen) atoms. The average Bonchev–Trinajstić information content (AvgIpc) is 3.51. The first-order chi connectivity index (χ1) is 18.0. The molecule has 0 saturated carbocycles. The van der Waals surface area contributed by atoms with E-state index in [-0.39, 0.29) is 11.8 Å². The largest absolute Gasteiger partial charge is 0.481 e. The standard InChI is InChI=1S/C27H27N5O3S2/c1-32-20-5-3-4-6-22(20)36-23-9-7-17(14-21(23)32)18(13-16-11-12-37(34)15-16)26(33)31-27-28-19-8-10-24(35-2)29-25(19)30-27/h3-10,14,16,18H,11-13,15H2,1-2H3,(H2,28,29,30,31,33). The quantitative estimate of drug-likeness (QED) is 0.357. The molecular weight excluding hydrogens is 506 g/mol. The molecule has 190 valence electrons. The number of aromatic amines is 1. The third kappa shape index (κ3) is 4.71. The van der Waals surface area contributed by atoms with Crippen LogP contribution in [0.25, 0.3) is 11.2 Å². The van der Waals surface area contributed by atoms with Gasteiger partial charge in [0, 0.05) is 45.2 Å². The number of fused-ring (bicyclic) bond motifs is 3. The van der Waals surface area contributed by atoms with Crippen LogP contribution in [0.4, 0.5) is 17.3 Å². The summed E-state index contributed by atoms with van der Waals surface area (Å²) in [5.41, 5.74) is 4.36. The number of para-hydroxylation sites is 1. The number of anilines is 3. The number of aromatic nitrogens is 3. The van der Waals surface area contributed by atoms with Crippen molar-refractivity contribution in [1.29, 1.82) is 0 Å². The highest BCUT2D eigenvalue weighted by molar-refractivity contribution is 7.99. The van der Waals surface area contributed by atoms with Crippen LogP contribution in [0.15, 0.2) is 64.4 Å². The number of ether oxygens (including phenoxy) is 1. The van der Waals surface area contributed by atoms with Crippen molar-refractivity contribution in [2.24, 2.45) is 5.92 Å². The van der Waals surface area contributed by atoms with Gasteiger partial charge in [-0.25, -0.2) is 0 Å². The molecule has 4 heterocycles. The topological polar surface area (TPSA) is 100 Å². The second-order valence-electron chi connectivity index (χ2n) is 9.41. The van der Waals surface area contributed by atoms with E-state index in [4.69, 9.17) is 4.74 Å². The molecule has 0 radical (unpaired) electrons. The Kier molecular flexibility index (Phi) is 6.37. The van der Waals surface area contributed by atoms with E-state index in [1.807, 2.05) is 12.1 Å². The normalized spacial score (nSPS) is 19.4. The van der Waals surface area contributed by atoms with Crippen molar-refractivity contribution < 1.29 is 13.7 Å². The Balaban J connectivity index is 1.31. The van der Waals surface area contributed by atoms with E-state index in [1.165, 1.54) is 4.90 Å². The molecule has 4 aromatic rings. The van der Waals surface area contributed by atoms with Gasteiger partial charge in [-0.3, -0.25) is 14.3 Å². The van der Waals surface area contributed by atoms with Gasteiger partial charge in [0.05, 0.1) is 29.9 Å². The molecule has 0 spiro atoms. The number of hydrogen-bond donors (Lipinski definition) is 2. The molecular formula is C27H27N5O3S2. The monoisotopic (exact) mass is 533 g/mol. The number of carbonyl (C=O) groups is 1. The Morgan fingerprint density at radius 1 is 1.19 bits per heavy atom. The predicted molar refractivity (Wildman–Crippen MR) is 147 cm³/mol. The van der Waals surface area contributed by atoms with E-state index in [0.717, 1.165) is 28.3 Å². The predicted octanol–water partition coefficient (Wildman–Crippen LogP) is 5.08. The lowest BCUT2D eigenvalue weighted by Crippen LogP contribution is -2.25. The van der Waals surface area contributed by atoms with Gasteiger partial charge < -0.3 is 14.6 Å². The summed E-state index contributed by atoms with van der Waals surface area (Å²) >= 11 is 1.74. The van der Waals surface area contributed by atoms with Crippen molar-refractivity contribution >= 4 is 57.0 Å². The van der Waals surface area contributed by atoms with Gasteiger partial charge in [0.2, 0.25) is 17.7 Å². The summed E-state index contributed by atoms with van der Waals surface area (Å²) in [6.45, 7) is 0. The highest BCUT2D eigenvalue weighted by Gasteiger charge is 2.31. The number of H-pyrrole nitrogens is 1. The maximum Gasteiger partial charge on any atom is 0.234 e. The lowest BCUT2D eigenvalue weighted by molar-refractivity contribution is -0.118. The molecule has 2 aromatic carbocycles. The highest BCUT2D eigenvalue weighted by atomic mass is 32.2. The first-order valence-electron chi connectivity index (χ1n) is 12.2. The number of carbonyl (C=O) groups excluding carboxylic acids is 1. The number of nitrogens with one attached hydrogen (secondary N) is 2. The SMILES string of the molecule is COc1ccc2[nH]c(NC(=O)C(CC3CCS(=O)C3)c3ccc4c(c3)N(C)c3ccccc3S4)nc2n1. The lowest BCUT2D eigenvalue weighted by Gasteiger charge is -2.30. The van der Waals surface area contributed by atoms with Crippen molar-refractivity contribution in [2.75, 3.05) is 35.9 Å². The van der Waals surface area contributed by atoms with Crippen LogP contribution in [0.5, 0.6) is 5.88 Å². The minimum absolute atomic E-state index is 0.143. The van der Waals surface area contributed by atoms with Crippen molar-refractivity contribution in [3.8, 4) is 5.88 Å². The summed E-state index contributed by atoms with van der Waals surface area (Å²) in [5, 5.41) is 2.98. The molecule has 2 N–H and O–H groups in total. The van der Waals surface area contributed by atoms with Crippen LogP contribution in [0, 0.1) is 5.92 Å². The van der Waals surface area contributed by atoms with Crippen molar-refractivity contribution in [2.45, 2.75) is 28.6 Å². The Labute approximate surface area is 221 Å². The fraction of sp³-hybridized carbons (Fsp3) is 0.296. The second kappa shape index (κ2) is 9.83. The van der Waals surface area contributed by atoms with Gasteiger partial charge in [-0.2, -0.15) is 9.97 Å². The lowest BCUT2D eigenvalue weighted by atomic mass is 9.87. The molecule has 0 bridgehead atoms.